The molecule has 4 rings (SSSR count). The summed E-state index contributed by atoms with van der Waals surface area (Å²) >= 11 is 6.12. The summed E-state index contributed by atoms with van der Waals surface area (Å²) in [6.45, 7) is 2.55. The first-order chi connectivity index (χ1) is 13.0. The molecule has 0 aliphatic carbocycles. The van der Waals surface area contributed by atoms with Crippen molar-refractivity contribution in [3.05, 3.63) is 64.7 Å². The lowest BCUT2D eigenvalue weighted by Crippen LogP contribution is -2.46. The number of aromatic amines is 1. The minimum absolute atomic E-state index is 0.140. The molecule has 0 bridgehead atoms. The van der Waals surface area contributed by atoms with Gasteiger partial charge in [0.1, 0.15) is 11.6 Å². The topological polar surface area (TPSA) is 52.1 Å². The van der Waals surface area contributed by atoms with Crippen LogP contribution in [0, 0.1) is 11.2 Å². The molecule has 0 amide bonds. The maximum absolute atomic E-state index is 13.4. The van der Waals surface area contributed by atoms with Crippen LogP contribution < -0.4 is 0 Å². The van der Waals surface area contributed by atoms with Gasteiger partial charge in [0.15, 0.2) is 0 Å². The van der Waals surface area contributed by atoms with Gasteiger partial charge >= 0.3 is 0 Å². The molecule has 2 aromatic carbocycles. The molecule has 2 heterocycles. The number of piperidine rings is 1. The predicted octanol–water partition coefficient (Wildman–Crippen LogP) is 4.17. The number of likely N-dealkylation sites (tertiary alicyclic amines) is 1. The van der Waals surface area contributed by atoms with E-state index in [1.54, 1.807) is 6.07 Å². The van der Waals surface area contributed by atoms with E-state index in [1.807, 2.05) is 18.2 Å². The Kier molecular flexibility index (Phi) is 5.17. The smallest absolute Gasteiger partial charge is 0.125 e. The monoisotopic (exact) mass is 387 g/mol. The van der Waals surface area contributed by atoms with Gasteiger partial charge in [-0.3, -0.25) is 4.90 Å². The van der Waals surface area contributed by atoms with Gasteiger partial charge in [-0.1, -0.05) is 23.7 Å². The van der Waals surface area contributed by atoms with Crippen LogP contribution in [0.15, 0.2) is 42.5 Å². The molecule has 4 nitrogen and oxygen atoms in total. The molecule has 0 spiro atoms. The maximum Gasteiger partial charge on any atom is 0.125 e. The number of nitrogens with zero attached hydrogens (tertiary/aromatic N) is 2. The number of nitrogens with one attached hydrogen (secondary N) is 1. The fraction of sp³-hybridized carbons (Fsp3) is 0.381. The quantitative estimate of drug-likeness (QED) is 0.690. The number of H-pyrrole nitrogens is 1. The Bertz CT molecular complexity index is 944. The van der Waals surface area contributed by atoms with E-state index >= 15 is 0 Å². The van der Waals surface area contributed by atoms with Crippen LogP contribution in [-0.2, 0) is 13.0 Å². The number of aliphatic hydroxyl groups excluding tert-OH is 1. The van der Waals surface area contributed by atoms with E-state index < -0.39 is 0 Å². The second kappa shape index (κ2) is 7.58. The molecule has 142 valence electrons. The number of imidazole rings is 1. The van der Waals surface area contributed by atoms with Crippen LogP contribution in [-0.4, -0.2) is 39.7 Å². The van der Waals surface area contributed by atoms with Crippen molar-refractivity contribution in [2.75, 3.05) is 19.7 Å². The summed E-state index contributed by atoms with van der Waals surface area (Å²) in [6.07, 6.45) is 2.81. The fourth-order valence-corrected chi connectivity index (χ4v) is 4.39. The Labute approximate surface area is 163 Å². The number of benzene rings is 2. The Balaban J connectivity index is 1.50. The van der Waals surface area contributed by atoms with E-state index in [0.29, 0.717) is 12.1 Å². The minimum Gasteiger partial charge on any atom is -0.396 e. The van der Waals surface area contributed by atoms with Gasteiger partial charge in [-0.15, -0.1) is 0 Å². The zero-order chi connectivity index (χ0) is 18.9. The van der Waals surface area contributed by atoms with Crippen LogP contribution in [0.2, 0.25) is 5.02 Å². The molecule has 0 saturated carbocycles. The summed E-state index contributed by atoms with van der Waals surface area (Å²) in [6, 6.07) is 12.5. The lowest BCUT2D eigenvalue weighted by Gasteiger charge is -2.41. The molecule has 1 aromatic heterocycles. The van der Waals surface area contributed by atoms with E-state index in [2.05, 4.69) is 20.9 Å². The average molecular weight is 388 g/mol. The lowest BCUT2D eigenvalue weighted by molar-refractivity contribution is 0.0279. The zero-order valence-electron chi connectivity index (χ0n) is 15.1. The highest BCUT2D eigenvalue weighted by Crippen LogP contribution is 2.34. The number of hydrogen-bond acceptors (Lipinski definition) is 3. The highest BCUT2D eigenvalue weighted by atomic mass is 35.5. The van der Waals surface area contributed by atoms with Gasteiger partial charge in [0, 0.05) is 17.0 Å². The van der Waals surface area contributed by atoms with E-state index in [-0.39, 0.29) is 17.8 Å². The molecule has 1 atom stereocenters. The Morgan fingerprint density at radius 3 is 2.96 bits per heavy atom. The molecule has 0 unspecified atom stereocenters. The summed E-state index contributed by atoms with van der Waals surface area (Å²) in [5.74, 6) is 0.559. The number of hydrogen-bond donors (Lipinski definition) is 2. The van der Waals surface area contributed by atoms with Crippen LogP contribution in [0.3, 0.4) is 0 Å². The van der Waals surface area contributed by atoms with Crippen molar-refractivity contribution in [1.82, 2.24) is 14.9 Å². The Morgan fingerprint density at radius 2 is 2.15 bits per heavy atom. The maximum atomic E-state index is 13.4. The molecule has 0 radical (unpaired) electrons. The van der Waals surface area contributed by atoms with E-state index in [9.17, 15) is 9.50 Å². The average Bonchev–Trinajstić information content (AvgIpc) is 3.03. The van der Waals surface area contributed by atoms with Crippen molar-refractivity contribution in [3.8, 4) is 0 Å². The van der Waals surface area contributed by atoms with Gasteiger partial charge in [0.2, 0.25) is 0 Å². The Morgan fingerprint density at radius 1 is 1.26 bits per heavy atom. The molecule has 2 N–H and O–H groups in total. The molecule has 27 heavy (non-hydrogen) atoms. The highest BCUT2D eigenvalue weighted by molar-refractivity contribution is 6.30. The molecule has 1 fully saturated rings. The third kappa shape index (κ3) is 4.15. The van der Waals surface area contributed by atoms with Crippen molar-refractivity contribution in [3.63, 3.8) is 0 Å². The summed E-state index contributed by atoms with van der Waals surface area (Å²) < 4.78 is 13.4. The van der Waals surface area contributed by atoms with Crippen molar-refractivity contribution in [1.29, 1.82) is 0 Å². The molecule has 1 saturated heterocycles. The van der Waals surface area contributed by atoms with Crippen LogP contribution in [0.1, 0.15) is 24.2 Å². The summed E-state index contributed by atoms with van der Waals surface area (Å²) in [4.78, 5) is 10.1. The minimum atomic E-state index is -0.267. The van der Waals surface area contributed by atoms with Crippen LogP contribution in [0.5, 0.6) is 0 Å². The van der Waals surface area contributed by atoms with Crippen molar-refractivity contribution in [2.24, 2.45) is 5.41 Å². The van der Waals surface area contributed by atoms with Gasteiger partial charge in [0.25, 0.3) is 0 Å². The van der Waals surface area contributed by atoms with Gasteiger partial charge in [-0.2, -0.15) is 0 Å². The second-order valence-electron chi connectivity index (χ2n) is 7.62. The van der Waals surface area contributed by atoms with Crippen LogP contribution in [0.4, 0.5) is 4.39 Å². The summed E-state index contributed by atoms with van der Waals surface area (Å²) in [5.41, 5.74) is 2.46. The Hall–Kier alpha value is -1.95. The number of aliphatic hydroxyl groups is 1. The zero-order valence-corrected chi connectivity index (χ0v) is 15.8. The number of fused-ring (bicyclic) bond motifs is 1. The molecule has 3 aromatic rings. The summed E-state index contributed by atoms with van der Waals surface area (Å²) in [5, 5.41) is 10.9. The fourth-order valence-electron chi connectivity index (χ4n) is 4.18. The molecule has 1 aliphatic rings. The molecule has 6 heteroatoms. The van der Waals surface area contributed by atoms with Gasteiger partial charge in [0.05, 0.1) is 24.2 Å². The van der Waals surface area contributed by atoms with Crippen LogP contribution in [0.25, 0.3) is 11.0 Å². The molecule has 1 aliphatic heterocycles. The van der Waals surface area contributed by atoms with Gasteiger partial charge < -0.3 is 10.1 Å². The van der Waals surface area contributed by atoms with Crippen molar-refractivity contribution >= 4 is 22.6 Å². The predicted molar refractivity (Wildman–Crippen MR) is 105 cm³/mol. The number of aromatic nitrogens is 2. The third-order valence-corrected chi connectivity index (χ3v) is 5.65. The van der Waals surface area contributed by atoms with Gasteiger partial charge in [-0.05, 0) is 61.7 Å². The van der Waals surface area contributed by atoms with E-state index in [4.69, 9.17) is 11.6 Å². The van der Waals surface area contributed by atoms with Crippen LogP contribution >= 0.6 is 11.6 Å². The first-order valence-corrected chi connectivity index (χ1v) is 9.65. The largest absolute Gasteiger partial charge is 0.396 e. The SMILES string of the molecule is OC[C@]1(Cc2cccc(Cl)c2)CCCN(Cc2nc3ccc(F)cc3[nH]2)C1. The third-order valence-electron chi connectivity index (χ3n) is 5.41. The van der Waals surface area contributed by atoms with Gasteiger partial charge in [-0.25, -0.2) is 9.37 Å². The summed E-state index contributed by atoms with van der Waals surface area (Å²) in [7, 11) is 0. The van der Waals surface area contributed by atoms with E-state index in [0.717, 1.165) is 54.3 Å². The standard InChI is InChI=1S/C21H23ClFN3O/c22-16-4-1-3-15(9-16)11-21(14-27)7-2-8-26(13-21)12-20-24-18-6-5-17(23)10-19(18)25-20/h1,3-6,9-10,27H,2,7-8,11-14H2,(H,24,25)/t21-/m0/s1. The molecular formula is C21H23ClFN3O. The number of rotatable bonds is 5. The highest BCUT2D eigenvalue weighted by Gasteiger charge is 2.35. The number of halogens is 2. The van der Waals surface area contributed by atoms with Crippen molar-refractivity contribution < 1.29 is 9.50 Å². The molecular weight excluding hydrogens is 365 g/mol. The lowest BCUT2D eigenvalue weighted by atomic mass is 9.75. The second-order valence-corrected chi connectivity index (χ2v) is 8.06. The first kappa shape index (κ1) is 18.4. The first-order valence-electron chi connectivity index (χ1n) is 9.27. The normalized spacial score (nSPS) is 21.0. The van der Waals surface area contributed by atoms with Crippen molar-refractivity contribution in [2.45, 2.75) is 25.8 Å². The van der Waals surface area contributed by atoms with E-state index in [1.165, 1.54) is 12.1 Å².